The van der Waals surface area contributed by atoms with Gasteiger partial charge in [-0.15, -0.1) is 0 Å². The van der Waals surface area contributed by atoms with Crippen LogP contribution >= 0.6 is 0 Å². The maximum absolute atomic E-state index is 12.3. The number of nitrogens with one attached hydrogen (secondary N) is 1. The lowest BCUT2D eigenvalue weighted by Gasteiger charge is -2.13. The molecular formula is C13H17N5O4. The summed E-state index contributed by atoms with van der Waals surface area (Å²) in [4.78, 5) is 22.9. The molecule has 1 amide bonds. The number of anilines is 1. The molecule has 2 aromatic heterocycles. The summed E-state index contributed by atoms with van der Waals surface area (Å²) in [5.41, 5.74) is 1.62. The van der Waals surface area contributed by atoms with E-state index in [1.54, 1.807) is 34.6 Å². The number of aromatic nitrogens is 3. The van der Waals surface area contributed by atoms with Crippen LogP contribution < -0.4 is 5.32 Å². The predicted octanol–water partition coefficient (Wildman–Crippen LogP) is 2.21. The molecule has 0 fully saturated rings. The average molecular weight is 307 g/mol. The lowest BCUT2D eigenvalue weighted by molar-refractivity contribution is -0.386. The summed E-state index contributed by atoms with van der Waals surface area (Å²) in [5.74, 6) is 0.146. The molecule has 2 rings (SSSR count). The van der Waals surface area contributed by atoms with E-state index in [1.165, 1.54) is 4.68 Å². The van der Waals surface area contributed by atoms with E-state index >= 15 is 0 Å². The van der Waals surface area contributed by atoms with Gasteiger partial charge in [0.25, 0.3) is 0 Å². The normalized spacial score (nSPS) is 12.2. The van der Waals surface area contributed by atoms with Crippen molar-refractivity contribution in [2.24, 2.45) is 0 Å². The molecule has 0 aliphatic heterocycles. The number of rotatable bonds is 4. The molecule has 1 atom stereocenters. The number of hydrogen-bond donors (Lipinski definition) is 1. The van der Waals surface area contributed by atoms with E-state index in [1.807, 2.05) is 0 Å². The van der Waals surface area contributed by atoms with Gasteiger partial charge in [-0.05, 0) is 34.6 Å². The van der Waals surface area contributed by atoms with Crippen LogP contribution in [0.4, 0.5) is 11.4 Å². The second-order valence-electron chi connectivity index (χ2n) is 5.09. The number of nitro groups is 1. The minimum absolute atomic E-state index is 0.0722. The van der Waals surface area contributed by atoms with E-state index in [2.05, 4.69) is 15.6 Å². The van der Waals surface area contributed by atoms with Gasteiger partial charge in [-0.1, -0.05) is 5.16 Å². The third kappa shape index (κ3) is 2.57. The first kappa shape index (κ1) is 15.7. The monoisotopic (exact) mass is 307 g/mol. The Kier molecular flexibility index (Phi) is 3.98. The van der Waals surface area contributed by atoms with Crippen LogP contribution in [0.15, 0.2) is 4.52 Å². The zero-order valence-corrected chi connectivity index (χ0v) is 13.0. The summed E-state index contributed by atoms with van der Waals surface area (Å²) in [6.07, 6.45) is 0. The van der Waals surface area contributed by atoms with Gasteiger partial charge in [0.15, 0.2) is 5.76 Å². The largest absolute Gasteiger partial charge is 0.359 e. The number of carbonyl (C=O) groups is 1. The number of nitrogens with zero attached hydrogens (tertiary/aromatic N) is 4. The second-order valence-corrected chi connectivity index (χ2v) is 5.09. The van der Waals surface area contributed by atoms with Gasteiger partial charge in [-0.25, -0.2) is 0 Å². The Morgan fingerprint density at radius 2 is 1.95 bits per heavy atom. The van der Waals surface area contributed by atoms with Crippen LogP contribution in [0.1, 0.15) is 35.8 Å². The molecule has 0 aliphatic carbocycles. The van der Waals surface area contributed by atoms with E-state index in [-0.39, 0.29) is 17.3 Å². The topological polar surface area (TPSA) is 116 Å². The molecule has 0 saturated carbocycles. The molecule has 0 aliphatic rings. The van der Waals surface area contributed by atoms with Crippen molar-refractivity contribution in [2.75, 3.05) is 5.32 Å². The number of carbonyl (C=O) groups excluding carboxylic acids is 1. The van der Waals surface area contributed by atoms with Crippen molar-refractivity contribution in [3.05, 3.63) is 33.0 Å². The smallest absolute Gasteiger partial charge is 0.312 e. The first-order chi connectivity index (χ1) is 10.2. The highest BCUT2D eigenvalue weighted by Gasteiger charge is 2.27. The van der Waals surface area contributed by atoms with Crippen LogP contribution in [0.3, 0.4) is 0 Å². The number of amides is 1. The number of hydrogen-bond acceptors (Lipinski definition) is 6. The van der Waals surface area contributed by atoms with Gasteiger partial charge in [0.1, 0.15) is 28.8 Å². The molecule has 1 N–H and O–H groups in total. The third-order valence-corrected chi connectivity index (χ3v) is 3.50. The van der Waals surface area contributed by atoms with Gasteiger partial charge >= 0.3 is 5.69 Å². The van der Waals surface area contributed by atoms with Crippen LogP contribution in [0, 0.1) is 37.8 Å². The van der Waals surface area contributed by atoms with Crippen molar-refractivity contribution >= 4 is 17.3 Å². The SMILES string of the molecule is Cc1noc(C)c1NC(=O)C(C)n1nc(C)c([N+](=O)[O-])c1C. The van der Waals surface area contributed by atoms with Crippen LogP contribution in [0.2, 0.25) is 0 Å². The van der Waals surface area contributed by atoms with Gasteiger partial charge in [-0.2, -0.15) is 5.10 Å². The molecule has 9 heteroatoms. The summed E-state index contributed by atoms with van der Waals surface area (Å²) >= 11 is 0. The van der Waals surface area contributed by atoms with Gasteiger partial charge in [0.2, 0.25) is 5.91 Å². The third-order valence-electron chi connectivity index (χ3n) is 3.50. The molecule has 9 nitrogen and oxygen atoms in total. The van der Waals surface area contributed by atoms with Crippen molar-refractivity contribution in [2.45, 2.75) is 40.7 Å². The van der Waals surface area contributed by atoms with E-state index in [4.69, 9.17) is 4.52 Å². The quantitative estimate of drug-likeness (QED) is 0.683. The summed E-state index contributed by atoms with van der Waals surface area (Å²) in [6.45, 7) is 8.13. The fraction of sp³-hybridized carbons (Fsp3) is 0.462. The zero-order valence-electron chi connectivity index (χ0n) is 13.0. The Hall–Kier alpha value is -2.71. The molecule has 22 heavy (non-hydrogen) atoms. The molecule has 118 valence electrons. The minimum Gasteiger partial charge on any atom is -0.359 e. The van der Waals surface area contributed by atoms with Crippen molar-refractivity contribution < 1.29 is 14.2 Å². The van der Waals surface area contributed by atoms with Crippen molar-refractivity contribution in [1.29, 1.82) is 0 Å². The lowest BCUT2D eigenvalue weighted by atomic mass is 10.2. The van der Waals surface area contributed by atoms with Gasteiger partial charge in [-0.3, -0.25) is 19.6 Å². The van der Waals surface area contributed by atoms with Crippen LogP contribution in [-0.4, -0.2) is 25.8 Å². The van der Waals surface area contributed by atoms with Crippen LogP contribution in [0.25, 0.3) is 0 Å². The highest BCUT2D eigenvalue weighted by molar-refractivity contribution is 5.94. The standard InChI is InChI=1S/C13H17N5O4/c1-6-11(10(5)22-16-6)14-13(19)9(4)17-8(3)12(18(20)21)7(2)15-17/h9H,1-5H3,(H,14,19). The van der Waals surface area contributed by atoms with Crippen molar-refractivity contribution in [3.8, 4) is 0 Å². The Morgan fingerprint density at radius 1 is 1.32 bits per heavy atom. The highest BCUT2D eigenvalue weighted by atomic mass is 16.6. The lowest BCUT2D eigenvalue weighted by Crippen LogP contribution is -2.25. The van der Waals surface area contributed by atoms with Crippen LogP contribution in [-0.2, 0) is 4.79 Å². The van der Waals surface area contributed by atoms with E-state index in [9.17, 15) is 14.9 Å². The molecule has 0 aromatic carbocycles. The summed E-state index contributed by atoms with van der Waals surface area (Å²) in [6, 6.07) is -0.707. The Morgan fingerprint density at radius 3 is 2.41 bits per heavy atom. The summed E-state index contributed by atoms with van der Waals surface area (Å²) < 4.78 is 6.33. The van der Waals surface area contributed by atoms with E-state index in [0.717, 1.165) is 0 Å². The fourth-order valence-electron chi connectivity index (χ4n) is 2.30. The summed E-state index contributed by atoms with van der Waals surface area (Å²) in [5, 5.41) is 21.6. The maximum Gasteiger partial charge on any atom is 0.312 e. The molecule has 2 heterocycles. The first-order valence-corrected chi connectivity index (χ1v) is 6.67. The van der Waals surface area contributed by atoms with E-state index in [0.29, 0.717) is 22.8 Å². The molecule has 0 spiro atoms. The van der Waals surface area contributed by atoms with Crippen molar-refractivity contribution in [1.82, 2.24) is 14.9 Å². The Balaban J connectivity index is 2.29. The maximum atomic E-state index is 12.3. The van der Waals surface area contributed by atoms with Gasteiger partial charge in [0, 0.05) is 0 Å². The number of aryl methyl sites for hydroxylation is 3. The Bertz CT molecular complexity index is 726. The molecule has 0 saturated heterocycles. The molecule has 0 radical (unpaired) electrons. The highest BCUT2D eigenvalue weighted by Crippen LogP contribution is 2.26. The van der Waals surface area contributed by atoms with Gasteiger partial charge < -0.3 is 9.84 Å². The first-order valence-electron chi connectivity index (χ1n) is 6.67. The van der Waals surface area contributed by atoms with E-state index < -0.39 is 11.0 Å². The summed E-state index contributed by atoms with van der Waals surface area (Å²) in [7, 11) is 0. The van der Waals surface area contributed by atoms with Crippen molar-refractivity contribution in [3.63, 3.8) is 0 Å². The Labute approximate surface area is 126 Å². The molecule has 1 unspecified atom stereocenters. The predicted molar refractivity (Wildman–Crippen MR) is 77.7 cm³/mol. The fourth-order valence-corrected chi connectivity index (χ4v) is 2.30. The molecular weight excluding hydrogens is 290 g/mol. The minimum atomic E-state index is -0.707. The molecule has 0 bridgehead atoms. The second kappa shape index (κ2) is 5.58. The van der Waals surface area contributed by atoms with Crippen LogP contribution in [0.5, 0.6) is 0 Å². The van der Waals surface area contributed by atoms with Gasteiger partial charge in [0.05, 0.1) is 4.92 Å². The molecule has 2 aromatic rings. The average Bonchev–Trinajstić information content (AvgIpc) is 2.91. The zero-order chi connectivity index (χ0) is 16.6.